The van der Waals surface area contributed by atoms with Gasteiger partial charge in [-0.3, -0.25) is 4.79 Å². The summed E-state index contributed by atoms with van der Waals surface area (Å²) in [5.41, 5.74) is 3.25. The molecule has 2 aromatic carbocycles. The van der Waals surface area contributed by atoms with Crippen LogP contribution in [0.2, 0.25) is 5.02 Å². The number of hydrogen-bond donors (Lipinski definition) is 0. The van der Waals surface area contributed by atoms with Crippen LogP contribution in [-0.2, 0) is 6.54 Å². The van der Waals surface area contributed by atoms with E-state index in [1.807, 2.05) is 12.1 Å². The van der Waals surface area contributed by atoms with Crippen LogP contribution in [0.15, 0.2) is 66.9 Å². The van der Waals surface area contributed by atoms with Crippen molar-refractivity contribution in [3.63, 3.8) is 0 Å². The van der Waals surface area contributed by atoms with Crippen LogP contribution in [0.5, 0.6) is 5.75 Å². The number of Topliss-reactive ketones (excluding diaryl/α,β-unsaturated/α-hetero) is 1. The highest BCUT2D eigenvalue weighted by Crippen LogP contribution is 2.39. The van der Waals surface area contributed by atoms with Gasteiger partial charge in [-0.2, -0.15) is 0 Å². The molecule has 2 aliphatic rings. The van der Waals surface area contributed by atoms with Crippen LogP contribution in [0, 0.1) is 5.92 Å². The van der Waals surface area contributed by atoms with Crippen molar-refractivity contribution in [3.05, 3.63) is 88.7 Å². The lowest BCUT2D eigenvalue weighted by atomic mass is 9.89. The highest BCUT2D eigenvalue weighted by Gasteiger charge is 2.33. The van der Waals surface area contributed by atoms with Gasteiger partial charge < -0.3 is 14.2 Å². The molecular formula is C26H27ClN2O2. The molecule has 1 saturated heterocycles. The van der Waals surface area contributed by atoms with Gasteiger partial charge in [0.05, 0.1) is 12.2 Å². The highest BCUT2D eigenvalue weighted by atomic mass is 35.5. The Hall–Kier alpha value is -2.56. The Morgan fingerprint density at radius 1 is 1.00 bits per heavy atom. The van der Waals surface area contributed by atoms with E-state index >= 15 is 0 Å². The number of hydrogen-bond acceptors (Lipinski definition) is 3. The number of aromatic nitrogens is 1. The van der Waals surface area contributed by atoms with E-state index in [-0.39, 0.29) is 11.9 Å². The number of rotatable bonds is 5. The molecule has 0 N–H and O–H groups in total. The van der Waals surface area contributed by atoms with Crippen LogP contribution in [0.4, 0.5) is 0 Å². The average molecular weight is 435 g/mol. The lowest BCUT2D eigenvalue weighted by molar-refractivity contribution is 0.0713. The van der Waals surface area contributed by atoms with E-state index in [0.29, 0.717) is 17.4 Å². The number of carbonyl (C=O) groups is 1. The van der Waals surface area contributed by atoms with E-state index < -0.39 is 0 Å². The second-order valence-electron chi connectivity index (χ2n) is 8.57. The first-order valence-corrected chi connectivity index (χ1v) is 11.5. The van der Waals surface area contributed by atoms with Crippen molar-refractivity contribution in [3.8, 4) is 5.75 Å². The van der Waals surface area contributed by atoms with Gasteiger partial charge in [-0.05, 0) is 68.4 Å². The van der Waals surface area contributed by atoms with E-state index in [4.69, 9.17) is 16.3 Å². The molecule has 5 heteroatoms. The third-order valence-electron chi connectivity index (χ3n) is 6.61. The van der Waals surface area contributed by atoms with Gasteiger partial charge in [0.15, 0.2) is 5.78 Å². The first kappa shape index (κ1) is 20.3. The fraction of sp³-hybridized carbons (Fsp3) is 0.346. The number of benzene rings is 2. The van der Waals surface area contributed by atoms with E-state index in [1.54, 1.807) is 12.1 Å². The summed E-state index contributed by atoms with van der Waals surface area (Å²) in [7, 11) is 0. The molecule has 0 bridgehead atoms. The van der Waals surface area contributed by atoms with Crippen LogP contribution in [0.1, 0.15) is 47.0 Å². The quantitative estimate of drug-likeness (QED) is 0.489. The number of fused-ring (bicyclic) bond motifs is 2. The summed E-state index contributed by atoms with van der Waals surface area (Å²) in [6.45, 7) is 3.67. The van der Waals surface area contributed by atoms with E-state index in [0.717, 1.165) is 50.3 Å². The summed E-state index contributed by atoms with van der Waals surface area (Å²) < 4.78 is 8.90. The molecule has 0 radical (unpaired) electrons. The number of likely N-dealkylation sites (tertiary alicyclic amines) is 1. The van der Waals surface area contributed by atoms with Gasteiger partial charge in [0.25, 0.3) is 0 Å². The van der Waals surface area contributed by atoms with Crippen molar-refractivity contribution in [2.24, 2.45) is 5.92 Å². The Morgan fingerprint density at radius 3 is 2.58 bits per heavy atom. The standard InChI is InChI=1S/C26H27ClN2O2/c27-22-9-7-19(8-10-22)24(30)13-17-28-15-11-20(12-16-28)26-23-5-3-14-29(23)18-21-4-1-2-6-25(21)31-26/h1-10,14,20,26H,11-13,15-18H2. The van der Waals surface area contributed by atoms with Gasteiger partial charge >= 0.3 is 0 Å². The Kier molecular flexibility index (Phi) is 5.84. The van der Waals surface area contributed by atoms with E-state index in [1.165, 1.54) is 11.3 Å². The van der Waals surface area contributed by atoms with Crippen LogP contribution >= 0.6 is 11.6 Å². The third-order valence-corrected chi connectivity index (χ3v) is 6.86. The fourth-order valence-electron chi connectivity index (χ4n) is 4.82. The Morgan fingerprint density at radius 2 is 1.77 bits per heavy atom. The summed E-state index contributed by atoms with van der Waals surface area (Å²) in [5, 5.41) is 0.660. The molecular weight excluding hydrogens is 408 g/mol. The third kappa shape index (κ3) is 4.41. The van der Waals surface area contributed by atoms with Crippen molar-refractivity contribution >= 4 is 17.4 Å². The monoisotopic (exact) mass is 434 g/mol. The topological polar surface area (TPSA) is 34.5 Å². The normalized spacial score (nSPS) is 19.2. The minimum Gasteiger partial charge on any atom is -0.484 e. The average Bonchev–Trinajstić information content (AvgIpc) is 3.19. The summed E-state index contributed by atoms with van der Waals surface area (Å²) in [5.74, 6) is 1.66. The van der Waals surface area contributed by atoms with Gasteiger partial charge in [-0.1, -0.05) is 29.8 Å². The maximum Gasteiger partial charge on any atom is 0.164 e. The van der Waals surface area contributed by atoms with Gasteiger partial charge in [0, 0.05) is 41.2 Å². The summed E-state index contributed by atoms with van der Waals surface area (Å²) in [6.07, 6.45) is 4.94. The number of carbonyl (C=O) groups excluding carboxylic acids is 1. The second kappa shape index (κ2) is 8.89. The first-order chi connectivity index (χ1) is 15.2. The van der Waals surface area contributed by atoms with Crippen molar-refractivity contribution < 1.29 is 9.53 Å². The number of ketones is 1. The molecule has 0 saturated carbocycles. The molecule has 0 amide bonds. The molecule has 1 atom stereocenters. The zero-order chi connectivity index (χ0) is 21.2. The second-order valence-corrected chi connectivity index (χ2v) is 9.00. The number of nitrogens with zero attached hydrogens (tertiary/aromatic N) is 2. The molecule has 160 valence electrons. The van der Waals surface area contributed by atoms with Crippen molar-refractivity contribution in [2.45, 2.75) is 31.9 Å². The summed E-state index contributed by atoms with van der Waals surface area (Å²) in [6, 6.07) is 19.9. The largest absolute Gasteiger partial charge is 0.484 e. The van der Waals surface area contributed by atoms with Gasteiger partial charge in [0.1, 0.15) is 11.9 Å². The number of para-hydroxylation sites is 1. The predicted octanol–water partition coefficient (Wildman–Crippen LogP) is 5.61. The van der Waals surface area contributed by atoms with Gasteiger partial charge in [-0.25, -0.2) is 0 Å². The number of ether oxygens (including phenoxy) is 1. The fourth-order valence-corrected chi connectivity index (χ4v) is 4.94. The molecule has 1 fully saturated rings. The van der Waals surface area contributed by atoms with Crippen molar-refractivity contribution in [2.75, 3.05) is 19.6 Å². The van der Waals surface area contributed by atoms with Crippen molar-refractivity contribution in [1.82, 2.24) is 9.47 Å². The Bertz CT molecular complexity index is 1050. The van der Waals surface area contributed by atoms with Crippen LogP contribution in [0.3, 0.4) is 0 Å². The molecule has 4 nitrogen and oxygen atoms in total. The zero-order valence-corrected chi connectivity index (χ0v) is 18.3. The molecule has 1 unspecified atom stereocenters. The molecule has 31 heavy (non-hydrogen) atoms. The number of halogens is 1. The number of piperidine rings is 1. The smallest absolute Gasteiger partial charge is 0.164 e. The Balaban J connectivity index is 1.21. The zero-order valence-electron chi connectivity index (χ0n) is 17.5. The lowest BCUT2D eigenvalue weighted by Crippen LogP contribution is -2.38. The first-order valence-electron chi connectivity index (χ1n) is 11.1. The molecule has 1 aromatic heterocycles. The molecule has 0 spiro atoms. The maximum atomic E-state index is 12.5. The van der Waals surface area contributed by atoms with Gasteiger partial charge in [-0.15, -0.1) is 0 Å². The SMILES string of the molecule is O=C(CCN1CCC(C2Oc3ccccc3Cn3cccc32)CC1)c1ccc(Cl)cc1. The molecule has 0 aliphatic carbocycles. The van der Waals surface area contributed by atoms with Gasteiger partial charge in [0.2, 0.25) is 0 Å². The summed E-state index contributed by atoms with van der Waals surface area (Å²) in [4.78, 5) is 14.9. The molecule has 3 aromatic rings. The van der Waals surface area contributed by atoms with E-state index in [9.17, 15) is 4.79 Å². The maximum absolute atomic E-state index is 12.5. The predicted molar refractivity (Wildman–Crippen MR) is 123 cm³/mol. The minimum absolute atomic E-state index is 0.0801. The highest BCUT2D eigenvalue weighted by molar-refractivity contribution is 6.30. The van der Waals surface area contributed by atoms with E-state index in [2.05, 4.69) is 52.1 Å². The van der Waals surface area contributed by atoms with Crippen LogP contribution < -0.4 is 4.74 Å². The Labute approximate surface area is 188 Å². The van der Waals surface area contributed by atoms with Crippen LogP contribution in [-0.4, -0.2) is 34.9 Å². The minimum atomic E-state index is 0.0801. The lowest BCUT2D eigenvalue weighted by Gasteiger charge is -2.35. The summed E-state index contributed by atoms with van der Waals surface area (Å²) >= 11 is 5.92. The molecule has 2 aliphatic heterocycles. The molecule has 5 rings (SSSR count). The van der Waals surface area contributed by atoms with Crippen LogP contribution in [0.25, 0.3) is 0 Å². The van der Waals surface area contributed by atoms with Crippen molar-refractivity contribution in [1.29, 1.82) is 0 Å². The molecule has 3 heterocycles.